The lowest BCUT2D eigenvalue weighted by Gasteiger charge is -2.37. The largest absolute Gasteiger partial charge is 0.328 e. The number of benzene rings is 1. The summed E-state index contributed by atoms with van der Waals surface area (Å²) in [5, 5.41) is 7.43. The molecule has 1 amide bonds. The van der Waals surface area contributed by atoms with E-state index in [9.17, 15) is 4.79 Å². The second-order valence-electron chi connectivity index (χ2n) is 5.23. The molecule has 1 aromatic carbocycles. The van der Waals surface area contributed by atoms with Gasteiger partial charge in [0.2, 0.25) is 5.91 Å². The number of carbonyl (C=O) groups excluding carboxylic acids is 1. The molecule has 3 rings (SSSR count). The van der Waals surface area contributed by atoms with Gasteiger partial charge in [-0.3, -0.25) is 9.80 Å². The zero-order valence-corrected chi connectivity index (χ0v) is 12.6. The summed E-state index contributed by atoms with van der Waals surface area (Å²) in [7, 11) is 1.86. The molecule has 1 fully saturated rings. The first-order valence-electron chi connectivity index (χ1n) is 6.96. The minimum absolute atomic E-state index is 0.00856. The minimum atomic E-state index is 0.00856. The van der Waals surface area contributed by atoms with Crippen molar-refractivity contribution in [3.63, 3.8) is 0 Å². The predicted molar refractivity (Wildman–Crippen MR) is 82.5 cm³/mol. The molecule has 20 heavy (non-hydrogen) atoms. The van der Waals surface area contributed by atoms with Crippen molar-refractivity contribution in [1.82, 2.24) is 9.91 Å². The summed E-state index contributed by atoms with van der Waals surface area (Å²) >= 11 is 1.84. The summed E-state index contributed by atoms with van der Waals surface area (Å²) in [6.07, 6.45) is 2.33. The van der Waals surface area contributed by atoms with Gasteiger partial charge in [0, 0.05) is 26.1 Å². The Morgan fingerprint density at radius 3 is 2.85 bits per heavy atom. The van der Waals surface area contributed by atoms with E-state index in [1.54, 1.807) is 11.8 Å². The van der Waals surface area contributed by atoms with Gasteiger partial charge in [0.1, 0.15) is 11.1 Å². The van der Waals surface area contributed by atoms with Crippen molar-refractivity contribution >= 4 is 23.4 Å². The summed E-state index contributed by atoms with van der Waals surface area (Å²) in [4.78, 5) is 13.6. The lowest BCUT2D eigenvalue weighted by molar-refractivity contribution is -0.127. The Kier molecular flexibility index (Phi) is 3.70. The Hall–Kier alpha value is -1.49. The van der Waals surface area contributed by atoms with Gasteiger partial charge in [-0.2, -0.15) is 5.10 Å². The molecule has 2 heterocycles. The van der Waals surface area contributed by atoms with Gasteiger partial charge in [0.05, 0.1) is 5.37 Å². The van der Waals surface area contributed by atoms with E-state index < -0.39 is 0 Å². The molecule has 106 valence electrons. The van der Waals surface area contributed by atoms with Gasteiger partial charge < -0.3 is 4.90 Å². The SMILES string of the molecule is CC(=O)N(C)C1SC2CCCN2N=C1c1ccccc1. The van der Waals surface area contributed by atoms with Gasteiger partial charge in [-0.15, -0.1) is 11.8 Å². The Morgan fingerprint density at radius 1 is 1.40 bits per heavy atom. The van der Waals surface area contributed by atoms with Crippen LogP contribution in [0.15, 0.2) is 35.4 Å². The number of nitrogens with zero attached hydrogens (tertiary/aromatic N) is 3. The van der Waals surface area contributed by atoms with E-state index in [-0.39, 0.29) is 11.3 Å². The highest BCUT2D eigenvalue weighted by molar-refractivity contribution is 8.01. The van der Waals surface area contributed by atoms with E-state index in [2.05, 4.69) is 17.1 Å². The number of likely N-dealkylation sites (N-methyl/N-ethyl adjacent to an activating group) is 1. The molecule has 0 N–H and O–H groups in total. The van der Waals surface area contributed by atoms with Crippen LogP contribution in [0.2, 0.25) is 0 Å². The fraction of sp³-hybridized carbons (Fsp3) is 0.467. The fourth-order valence-electron chi connectivity index (χ4n) is 2.62. The lowest BCUT2D eigenvalue weighted by atomic mass is 10.1. The van der Waals surface area contributed by atoms with Crippen LogP contribution in [0, 0.1) is 0 Å². The third-order valence-electron chi connectivity index (χ3n) is 3.84. The Bertz CT molecular complexity index is 531. The summed E-state index contributed by atoms with van der Waals surface area (Å²) in [5.74, 6) is 0.0811. The van der Waals surface area contributed by atoms with Crippen LogP contribution in [-0.2, 0) is 4.79 Å². The van der Waals surface area contributed by atoms with Crippen LogP contribution in [0.5, 0.6) is 0 Å². The average Bonchev–Trinajstić information content (AvgIpc) is 2.93. The minimum Gasteiger partial charge on any atom is -0.328 e. The van der Waals surface area contributed by atoms with E-state index in [0.29, 0.717) is 5.37 Å². The molecule has 1 saturated heterocycles. The van der Waals surface area contributed by atoms with Gasteiger partial charge in [-0.1, -0.05) is 30.3 Å². The normalized spacial score (nSPS) is 25.1. The molecule has 1 aromatic rings. The molecule has 2 unspecified atom stereocenters. The number of fused-ring (bicyclic) bond motifs is 1. The number of rotatable bonds is 2. The Balaban J connectivity index is 1.98. The highest BCUT2D eigenvalue weighted by atomic mass is 32.2. The zero-order chi connectivity index (χ0) is 14.1. The van der Waals surface area contributed by atoms with Gasteiger partial charge in [0.15, 0.2) is 0 Å². The molecule has 4 nitrogen and oxygen atoms in total. The average molecular weight is 289 g/mol. The molecule has 0 bridgehead atoms. The van der Waals surface area contributed by atoms with Crippen LogP contribution >= 0.6 is 11.8 Å². The Morgan fingerprint density at radius 2 is 2.15 bits per heavy atom. The van der Waals surface area contributed by atoms with Crippen LogP contribution in [0.4, 0.5) is 0 Å². The van der Waals surface area contributed by atoms with E-state index in [1.807, 2.05) is 37.0 Å². The smallest absolute Gasteiger partial charge is 0.220 e. The maximum absolute atomic E-state index is 11.8. The lowest BCUT2D eigenvalue weighted by Crippen LogP contribution is -2.45. The molecule has 2 aliphatic rings. The monoisotopic (exact) mass is 289 g/mol. The third kappa shape index (κ3) is 2.42. The maximum atomic E-state index is 11.8. The van der Waals surface area contributed by atoms with Crippen molar-refractivity contribution < 1.29 is 4.79 Å². The highest BCUT2D eigenvalue weighted by Gasteiger charge is 2.37. The summed E-state index contributed by atoms with van der Waals surface area (Å²) < 4.78 is 0. The first-order valence-corrected chi connectivity index (χ1v) is 7.90. The van der Waals surface area contributed by atoms with E-state index in [1.165, 1.54) is 6.42 Å². The quantitative estimate of drug-likeness (QED) is 0.838. The number of thioether (sulfide) groups is 1. The van der Waals surface area contributed by atoms with Crippen LogP contribution in [-0.4, -0.2) is 45.9 Å². The Labute approximate surface area is 123 Å². The molecule has 0 radical (unpaired) electrons. The fourth-order valence-corrected chi connectivity index (χ4v) is 4.16. The third-order valence-corrected chi connectivity index (χ3v) is 5.44. The van der Waals surface area contributed by atoms with Gasteiger partial charge in [-0.05, 0) is 12.8 Å². The number of carbonyl (C=O) groups is 1. The highest BCUT2D eigenvalue weighted by Crippen LogP contribution is 2.37. The molecule has 0 spiro atoms. The van der Waals surface area contributed by atoms with Crippen LogP contribution < -0.4 is 0 Å². The first kappa shape index (κ1) is 13.5. The summed E-state index contributed by atoms with van der Waals surface area (Å²) in [6.45, 7) is 2.63. The van der Waals surface area contributed by atoms with E-state index in [4.69, 9.17) is 5.10 Å². The molecule has 0 aromatic heterocycles. The van der Waals surface area contributed by atoms with Crippen molar-refractivity contribution in [2.75, 3.05) is 13.6 Å². The zero-order valence-electron chi connectivity index (χ0n) is 11.8. The molecule has 5 heteroatoms. The van der Waals surface area contributed by atoms with Crippen LogP contribution in [0.1, 0.15) is 25.3 Å². The summed E-state index contributed by atoms with van der Waals surface area (Å²) in [5.41, 5.74) is 2.09. The maximum Gasteiger partial charge on any atom is 0.220 e. The van der Waals surface area contributed by atoms with Crippen LogP contribution in [0.25, 0.3) is 0 Å². The predicted octanol–water partition coefficient (Wildman–Crippen LogP) is 2.36. The standard InChI is InChI=1S/C15H19N3OS/c1-11(19)17(2)15-14(12-7-4-3-5-8-12)16-18-10-6-9-13(18)20-15/h3-5,7-8,13,15H,6,9-10H2,1-2H3. The van der Waals surface area contributed by atoms with Gasteiger partial charge in [0.25, 0.3) is 0 Å². The number of hydrogen-bond donors (Lipinski definition) is 0. The molecule has 2 aliphatic heterocycles. The second kappa shape index (κ2) is 5.48. The van der Waals surface area contributed by atoms with E-state index in [0.717, 1.165) is 24.2 Å². The number of hydrazone groups is 1. The molecular formula is C15H19N3OS. The molecular weight excluding hydrogens is 270 g/mol. The van der Waals surface area contributed by atoms with Gasteiger partial charge in [-0.25, -0.2) is 0 Å². The second-order valence-corrected chi connectivity index (χ2v) is 6.49. The molecule has 0 saturated carbocycles. The van der Waals surface area contributed by atoms with Crippen molar-refractivity contribution in [2.45, 2.75) is 30.5 Å². The topological polar surface area (TPSA) is 35.9 Å². The number of amides is 1. The van der Waals surface area contributed by atoms with Crippen molar-refractivity contribution in [3.05, 3.63) is 35.9 Å². The van der Waals surface area contributed by atoms with Crippen LogP contribution in [0.3, 0.4) is 0 Å². The first-order chi connectivity index (χ1) is 9.66. The van der Waals surface area contributed by atoms with Crippen molar-refractivity contribution in [3.8, 4) is 0 Å². The van der Waals surface area contributed by atoms with Crippen molar-refractivity contribution in [1.29, 1.82) is 0 Å². The van der Waals surface area contributed by atoms with Gasteiger partial charge >= 0.3 is 0 Å². The summed E-state index contributed by atoms with van der Waals surface area (Å²) in [6, 6.07) is 10.2. The van der Waals surface area contributed by atoms with Crippen molar-refractivity contribution in [2.24, 2.45) is 5.10 Å². The number of hydrogen-bond acceptors (Lipinski definition) is 4. The molecule has 0 aliphatic carbocycles. The van der Waals surface area contributed by atoms with E-state index >= 15 is 0 Å². The molecule has 2 atom stereocenters.